The normalized spacial score (nSPS) is 14.6. The van der Waals surface area contributed by atoms with E-state index < -0.39 is 6.09 Å². The summed E-state index contributed by atoms with van der Waals surface area (Å²) in [5.74, 6) is 2.27. The number of benzene rings is 1. The summed E-state index contributed by atoms with van der Waals surface area (Å²) in [6.45, 7) is 3.36. The van der Waals surface area contributed by atoms with E-state index in [1.165, 1.54) is 0 Å². The van der Waals surface area contributed by atoms with E-state index in [-0.39, 0.29) is 11.4 Å². The Kier molecular flexibility index (Phi) is 7.45. The molecule has 11 heteroatoms. The van der Waals surface area contributed by atoms with E-state index in [1.807, 2.05) is 19.1 Å². The summed E-state index contributed by atoms with van der Waals surface area (Å²) < 4.78 is 15.7. The lowest BCUT2D eigenvalue weighted by Gasteiger charge is -2.22. The maximum absolute atomic E-state index is 11.9. The Labute approximate surface area is 186 Å². The van der Waals surface area contributed by atoms with Gasteiger partial charge < -0.3 is 35.5 Å². The van der Waals surface area contributed by atoms with Gasteiger partial charge in [0.25, 0.3) is 0 Å². The van der Waals surface area contributed by atoms with Gasteiger partial charge in [0.2, 0.25) is 5.28 Å². The molecule has 0 saturated carbocycles. The van der Waals surface area contributed by atoms with Crippen LogP contribution in [0.25, 0.3) is 0 Å². The van der Waals surface area contributed by atoms with Crippen molar-refractivity contribution < 1.29 is 19.0 Å². The Balaban J connectivity index is 1.38. The van der Waals surface area contributed by atoms with Gasteiger partial charge in [-0.2, -0.15) is 9.97 Å². The molecule has 0 spiro atoms. The van der Waals surface area contributed by atoms with Crippen LogP contribution >= 0.6 is 11.6 Å². The van der Waals surface area contributed by atoms with Gasteiger partial charge in [-0.1, -0.05) is 6.07 Å². The molecule has 0 radical (unpaired) electrons. The van der Waals surface area contributed by atoms with Crippen LogP contribution in [-0.2, 0) is 11.3 Å². The highest BCUT2D eigenvalue weighted by atomic mass is 35.5. The van der Waals surface area contributed by atoms with Gasteiger partial charge in [-0.3, -0.25) is 0 Å². The number of ether oxygens (including phenoxy) is 3. The smallest absolute Gasteiger partial charge is 0.407 e. The average molecular weight is 451 g/mol. The molecule has 0 bridgehead atoms. The number of nitrogens with one attached hydrogen (secondary N) is 2. The molecule has 1 aliphatic rings. The number of rotatable bonds is 9. The number of unbranched alkanes of at least 4 members (excludes halogenated alkanes) is 1. The van der Waals surface area contributed by atoms with Crippen LogP contribution in [0.2, 0.25) is 5.28 Å². The third kappa shape index (κ3) is 5.52. The van der Waals surface area contributed by atoms with Crippen molar-refractivity contribution in [1.29, 1.82) is 0 Å². The highest BCUT2D eigenvalue weighted by Gasteiger charge is 2.29. The van der Waals surface area contributed by atoms with Gasteiger partial charge in [-0.15, -0.1) is 0 Å². The van der Waals surface area contributed by atoms with Crippen LogP contribution in [0.5, 0.6) is 11.5 Å². The lowest BCUT2D eigenvalue weighted by Crippen LogP contribution is -2.34. The fraction of sp³-hybridized carbons (Fsp3) is 0.450. The standard InChI is InChI=1S/C20H27ClN6O4/c1-12-24-16-17(22)25-19(21)26-18(16)27(12)8-4-5-9-31-20(28)23-11-13-6-7-14(29-2)15(10-13)30-3/h6-7,10,12,24H,4-5,8-9,11H2,1-3H3,(H,23,28)(H2,22,25,26). The van der Waals surface area contributed by atoms with Crippen LogP contribution in [0.1, 0.15) is 25.3 Å². The Morgan fingerprint density at radius 1 is 1.26 bits per heavy atom. The lowest BCUT2D eigenvalue weighted by molar-refractivity contribution is 0.143. The number of carbonyl (C=O) groups is 1. The topological polar surface area (TPSA) is 124 Å². The van der Waals surface area contributed by atoms with Gasteiger partial charge in [-0.25, -0.2) is 4.79 Å². The highest BCUT2D eigenvalue weighted by Crippen LogP contribution is 2.37. The number of nitrogen functional groups attached to an aromatic ring is 1. The van der Waals surface area contributed by atoms with Crippen molar-refractivity contribution >= 4 is 35.0 Å². The first kappa shape index (κ1) is 22.5. The number of halogens is 1. The monoisotopic (exact) mass is 450 g/mol. The van der Waals surface area contributed by atoms with Gasteiger partial charge in [0.15, 0.2) is 23.1 Å². The molecule has 168 valence electrons. The summed E-state index contributed by atoms with van der Waals surface area (Å²) >= 11 is 5.93. The van der Waals surface area contributed by atoms with Gasteiger partial charge in [0.05, 0.1) is 27.0 Å². The number of hydrogen-bond acceptors (Lipinski definition) is 9. The molecular formula is C20H27ClN6O4. The number of anilines is 3. The first-order chi connectivity index (χ1) is 14.9. The largest absolute Gasteiger partial charge is 0.493 e. The molecular weight excluding hydrogens is 424 g/mol. The fourth-order valence-corrected chi connectivity index (χ4v) is 3.49. The van der Waals surface area contributed by atoms with Crippen molar-refractivity contribution in [3.8, 4) is 11.5 Å². The average Bonchev–Trinajstić information content (AvgIpc) is 3.07. The summed E-state index contributed by atoms with van der Waals surface area (Å²) in [6, 6.07) is 5.46. The van der Waals surface area contributed by atoms with Crippen molar-refractivity contribution in [2.75, 3.05) is 43.3 Å². The van der Waals surface area contributed by atoms with Crippen molar-refractivity contribution in [2.24, 2.45) is 0 Å². The Morgan fingerprint density at radius 2 is 2.03 bits per heavy atom. The third-order valence-electron chi connectivity index (χ3n) is 4.89. The molecule has 1 aliphatic heterocycles. The van der Waals surface area contributed by atoms with Gasteiger partial charge >= 0.3 is 6.09 Å². The van der Waals surface area contributed by atoms with Crippen molar-refractivity contribution in [2.45, 2.75) is 32.5 Å². The molecule has 10 nitrogen and oxygen atoms in total. The second-order valence-corrected chi connectivity index (χ2v) is 7.31. The molecule has 3 rings (SSSR count). The van der Waals surface area contributed by atoms with Crippen molar-refractivity contribution in [1.82, 2.24) is 15.3 Å². The number of amides is 1. The molecule has 2 heterocycles. The summed E-state index contributed by atoms with van der Waals surface area (Å²) in [7, 11) is 3.14. The molecule has 1 atom stereocenters. The van der Waals surface area contributed by atoms with Crippen LogP contribution < -0.4 is 30.7 Å². The summed E-state index contributed by atoms with van der Waals surface area (Å²) in [4.78, 5) is 22.3. The summed E-state index contributed by atoms with van der Waals surface area (Å²) in [5, 5.41) is 6.10. The second-order valence-electron chi connectivity index (χ2n) is 6.98. The molecule has 0 aliphatic carbocycles. The molecule has 31 heavy (non-hydrogen) atoms. The first-order valence-electron chi connectivity index (χ1n) is 9.90. The van der Waals surface area contributed by atoms with E-state index in [9.17, 15) is 4.79 Å². The molecule has 1 aromatic heterocycles. The number of alkyl carbamates (subject to hydrolysis) is 1. The SMILES string of the molecule is COc1ccc(CNC(=O)OCCCCN2c3nc(Cl)nc(N)c3NC2C)cc1OC. The van der Waals surface area contributed by atoms with Crippen LogP contribution in [-0.4, -0.2) is 49.6 Å². The van der Waals surface area contributed by atoms with Crippen LogP contribution in [0, 0.1) is 0 Å². The Morgan fingerprint density at radius 3 is 2.77 bits per heavy atom. The molecule has 1 amide bonds. The zero-order valence-corrected chi connectivity index (χ0v) is 18.5. The van der Waals surface area contributed by atoms with E-state index in [2.05, 4.69) is 25.5 Å². The van der Waals surface area contributed by atoms with Gasteiger partial charge in [0.1, 0.15) is 5.69 Å². The minimum Gasteiger partial charge on any atom is -0.493 e. The minimum atomic E-state index is -0.469. The number of methoxy groups -OCH3 is 2. The van der Waals surface area contributed by atoms with Crippen molar-refractivity contribution in [3.05, 3.63) is 29.0 Å². The predicted octanol–water partition coefficient (Wildman–Crippen LogP) is 3.01. The van der Waals surface area contributed by atoms with E-state index in [1.54, 1.807) is 20.3 Å². The quantitative estimate of drug-likeness (QED) is 0.390. The van der Waals surface area contributed by atoms with E-state index in [0.717, 1.165) is 12.0 Å². The minimum absolute atomic E-state index is 0.0239. The zero-order valence-electron chi connectivity index (χ0n) is 17.8. The molecule has 2 aromatic rings. The van der Waals surface area contributed by atoms with Crippen molar-refractivity contribution in [3.63, 3.8) is 0 Å². The number of carbonyl (C=O) groups excluding carboxylic acids is 1. The molecule has 0 saturated heterocycles. The summed E-state index contributed by atoms with van der Waals surface area (Å²) in [6.07, 6.45) is 1.06. The maximum atomic E-state index is 11.9. The molecule has 4 N–H and O–H groups in total. The molecule has 1 aromatic carbocycles. The van der Waals surface area contributed by atoms with E-state index in [4.69, 9.17) is 31.5 Å². The number of aromatic nitrogens is 2. The Bertz CT molecular complexity index is 929. The third-order valence-corrected chi connectivity index (χ3v) is 5.06. The van der Waals surface area contributed by atoms with Crippen LogP contribution in [0.3, 0.4) is 0 Å². The first-order valence-corrected chi connectivity index (χ1v) is 10.3. The number of nitrogens with zero attached hydrogens (tertiary/aromatic N) is 3. The van der Waals surface area contributed by atoms with Gasteiger partial charge in [-0.05, 0) is 49.1 Å². The second kappa shape index (κ2) is 10.3. The molecule has 0 fully saturated rings. The summed E-state index contributed by atoms with van der Waals surface area (Å²) in [5.41, 5.74) is 7.48. The lowest BCUT2D eigenvalue weighted by atomic mass is 10.2. The van der Waals surface area contributed by atoms with Crippen LogP contribution in [0.4, 0.5) is 22.1 Å². The number of nitrogens with two attached hydrogens (primary N) is 1. The van der Waals surface area contributed by atoms with E-state index >= 15 is 0 Å². The predicted molar refractivity (Wildman–Crippen MR) is 119 cm³/mol. The maximum Gasteiger partial charge on any atom is 0.407 e. The van der Waals surface area contributed by atoms with Gasteiger partial charge in [0, 0.05) is 13.1 Å². The fourth-order valence-electron chi connectivity index (χ4n) is 3.32. The number of hydrogen-bond donors (Lipinski definition) is 3. The highest BCUT2D eigenvalue weighted by molar-refractivity contribution is 6.28. The van der Waals surface area contributed by atoms with E-state index in [0.29, 0.717) is 54.9 Å². The van der Waals surface area contributed by atoms with Crippen LogP contribution in [0.15, 0.2) is 18.2 Å². The zero-order chi connectivity index (χ0) is 22.4. The Hall–Kier alpha value is -3.14. The number of fused-ring (bicyclic) bond motifs is 1. The molecule has 1 unspecified atom stereocenters.